The van der Waals surface area contributed by atoms with Crippen LogP contribution in [-0.4, -0.2) is 20.3 Å². The lowest BCUT2D eigenvalue weighted by Gasteiger charge is -2.15. The number of methoxy groups -OCH3 is 1. The number of rotatable bonds is 7. The molecule has 0 aliphatic carbocycles. The van der Waals surface area contributed by atoms with Gasteiger partial charge in [-0.05, 0) is 38.4 Å². The maximum Gasteiger partial charge on any atom is 0.129 e. The average molecular weight is 304 g/mol. The topological polar surface area (TPSA) is 21.3 Å². The van der Waals surface area contributed by atoms with Crippen LogP contribution in [0.3, 0.4) is 0 Å². The van der Waals surface area contributed by atoms with E-state index in [0.717, 1.165) is 30.5 Å². The van der Waals surface area contributed by atoms with Crippen molar-refractivity contribution in [3.05, 3.63) is 34.1 Å². The Morgan fingerprint density at radius 3 is 2.82 bits per heavy atom. The van der Waals surface area contributed by atoms with Crippen LogP contribution >= 0.6 is 15.9 Å². The third-order valence-electron chi connectivity index (χ3n) is 2.65. The van der Waals surface area contributed by atoms with Gasteiger partial charge in [0.25, 0.3) is 0 Å². The van der Waals surface area contributed by atoms with Gasteiger partial charge < -0.3 is 10.1 Å². The summed E-state index contributed by atoms with van der Waals surface area (Å²) in [4.78, 5) is 0. The van der Waals surface area contributed by atoms with Crippen molar-refractivity contribution in [1.29, 1.82) is 0 Å². The van der Waals surface area contributed by atoms with Gasteiger partial charge >= 0.3 is 0 Å². The van der Waals surface area contributed by atoms with E-state index < -0.39 is 0 Å². The molecule has 0 radical (unpaired) electrons. The molecule has 1 aromatic carbocycles. The van der Waals surface area contributed by atoms with Crippen LogP contribution in [0.4, 0.5) is 4.39 Å². The quantitative estimate of drug-likeness (QED) is 0.776. The predicted molar refractivity (Wildman–Crippen MR) is 71.6 cm³/mol. The molecule has 0 aromatic heterocycles. The predicted octanol–water partition coefficient (Wildman–Crippen LogP) is 3.67. The van der Waals surface area contributed by atoms with Crippen molar-refractivity contribution in [2.75, 3.05) is 20.3 Å². The SMILES string of the molecule is COCCCCNC(C)c1ccc(Br)cc1F. The van der Waals surface area contributed by atoms with Crippen LogP contribution in [0, 0.1) is 5.82 Å². The average Bonchev–Trinajstić information content (AvgIpc) is 2.28. The molecule has 4 heteroatoms. The lowest BCUT2D eigenvalue weighted by atomic mass is 10.1. The zero-order valence-electron chi connectivity index (χ0n) is 10.3. The molecule has 17 heavy (non-hydrogen) atoms. The standard InChI is InChI=1S/C13H19BrFNO/c1-10(16-7-3-4-8-17-2)12-6-5-11(14)9-13(12)15/h5-6,9-10,16H,3-4,7-8H2,1-2H3. The number of benzene rings is 1. The van der Waals surface area contributed by atoms with Gasteiger partial charge in [0, 0.05) is 29.8 Å². The van der Waals surface area contributed by atoms with E-state index in [-0.39, 0.29) is 11.9 Å². The third-order valence-corrected chi connectivity index (χ3v) is 3.15. The van der Waals surface area contributed by atoms with Crippen LogP contribution in [-0.2, 0) is 4.74 Å². The number of hydrogen-bond donors (Lipinski definition) is 1. The number of unbranched alkanes of at least 4 members (excludes halogenated alkanes) is 1. The molecule has 1 atom stereocenters. The zero-order valence-corrected chi connectivity index (χ0v) is 11.9. The molecular formula is C13H19BrFNO. The summed E-state index contributed by atoms with van der Waals surface area (Å²) in [5, 5.41) is 3.31. The zero-order chi connectivity index (χ0) is 12.7. The Bertz CT molecular complexity index is 346. The first-order chi connectivity index (χ1) is 8.15. The smallest absolute Gasteiger partial charge is 0.129 e. The highest BCUT2D eigenvalue weighted by atomic mass is 79.9. The molecule has 0 amide bonds. The van der Waals surface area contributed by atoms with E-state index in [2.05, 4.69) is 21.2 Å². The molecule has 0 heterocycles. The molecule has 2 nitrogen and oxygen atoms in total. The largest absolute Gasteiger partial charge is 0.385 e. The first-order valence-corrected chi connectivity index (χ1v) is 6.61. The molecule has 1 rings (SSSR count). The molecule has 96 valence electrons. The Hall–Kier alpha value is -0.450. The summed E-state index contributed by atoms with van der Waals surface area (Å²) >= 11 is 3.25. The minimum absolute atomic E-state index is 0.0330. The molecule has 0 bridgehead atoms. The molecule has 0 fully saturated rings. The van der Waals surface area contributed by atoms with Crippen LogP contribution < -0.4 is 5.32 Å². The van der Waals surface area contributed by atoms with Gasteiger partial charge in [-0.25, -0.2) is 4.39 Å². The van der Waals surface area contributed by atoms with Gasteiger partial charge in [0.2, 0.25) is 0 Å². The van der Waals surface area contributed by atoms with Crippen molar-refractivity contribution in [2.24, 2.45) is 0 Å². The first kappa shape index (κ1) is 14.6. The van der Waals surface area contributed by atoms with Crippen LogP contribution in [0.1, 0.15) is 31.4 Å². The van der Waals surface area contributed by atoms with Crippen molar-refractivity contribution in [2.45, 2.75) is 25.8 Å². The highest BCUT2D eigenvalue weighted by molar-refractivity contribution is 9.10. The summed E-state index contributed by atoms with van der Waals surface area (Å²) in [6, 6.07) is 5.21. The van der Waals surface area contributed by atoms with Crippen LogP contribution in [0.5, 0.6) is 0 Å². The molecule has 1 N–H and O–H groups in total. The monoisotopic (exact) mass is 303 g/mol. The van der Waals surface area contributed by atoms with Gasteiger partial charge in [-0.15, -0.1) is 0 Å². The van der Waals surface area contributed by atoms with E-state index in [9.17, 15) is 4.39 Å². The van der Waals surface area contributed by atoms with Gasteiger partial charge in [-0.1, -0.05) is 22.0 Å². The fourth-order valence-corrected chi connectivity index (χ4v) is 1.99. The Kier molecular flexibility index (Phi) is 6.70. The fraction of sp³-hybridized carbons (Fsp3) is 0.538. The highest BCUT2D eigenvalue weighted by Crippen LogP contribution is 2.20. The summed E-state index contributed by atoms with van der Waals surface area (Å²) in [6.45, 7) is 3.63. The van der Waals surface area contributed by atoms with Crippen molar-refractivity contribution >= 4 is 15.9 Å². The van der Waals surface area contributed by atoms with Gasteiger partial charge in [0.1, 0.15) is 5.82 Å². The second-order valence-corrected chi connectivity index (χ2v) is 4.96. The Balaban J connectivity index is 2.38. The number of hydrogen-bond acceptors (Lipinski definition) is 2. The van der Waals surface area contributed by atoms with Crippen LogP contribution in [0.15, 0.2) is 22.7 Å². The molecule has 1 unspecified atom stereocenters. The molecule has 0 aliphatic rings. The minimum Gasteiger partial charge on any atom is -0.385 e. The van der Waals surface area contributed by atoms with Gasteiger partial charge in [0.15, 0.2) is 0 Å². The number of nitrogens with one attached hydrogen (secondary N) is 1. The van der Waals surface area contributed by atoms with Gasteiger partial charge in [-0.2, -0.15) is 0 Å². The van der Waals surface area contributed by atoms with E-state index in [1.807, 2.05) is 19.1 Å². The summed E-state index contributed by atoms with van der Waals surface area (Å²) in [5.41, 5.74) is 0.708. The van der Waals surface area contributed by atoms with E-state index in [1.54, 1.807) is 7.11 Å². The number of ether oxygens (including phenoxy) is 1. The molecule has 0 spiro atoms. The molecular weight excluding hydrogens is 285 g/mol. The Labute approximate surface area is 111 Å². The summed E-state index contributed by atoms with van der Waals surface area (Å²) < 4.78 is 19.4. The third kappa shape index (κ3) is 5.15. The lowest BCUT2D eigenvalue weighted by molar-refractivity contribution is 0.192. The molecule has 0 saturated heterocycles. The van der Waals surface area contributed by atoms with E-state index in [0.29, 0.717) is 5.56 Å². The summed E-state index contributed by atoms with van der Waals surface area (Å²) in [5.74, 6) is -0.170. The van der Waals surface area contributed by atoms with Crippen molar-refractivity contribution < 1.29 is 9.13 Å². The molecule has 1 aromatic rings. The first-order valence-electron chi connectivity index (χ1n) is 5.82. The van der Waals surface area contributed by atoms with Gasteiger partial charge in [0.05, 0.1) is 0 Å². The van der Waals surface area contributed by atoms with Crippen molar-refractivity contribution in [3.8, 4) is 0 Å². The molecule has 0 saturated carbocycles. The van der Waals surface area contributed by atoms with Crippen molar-refractivity contribution in [1.82, 2.24) is 5.32 Å². The summed E-state index contributed by atoms with van der Waals surface area (Å²) in [6.07, 6.45) is 2.06. The Morgan fingerprint density at radius 2 is 2.18 bits per heavy atom. The second kappa shape index (κ2) is 7.80. The van der Waals surface area contributed by atoms with Gasteiger partial charge in [-0.3, -0.25) is 0 Å². The maximum absolute atomic E-state index is 13.6. The Morgan fingerprint density at radius 1 is 1.41 bits per heavy atom. The van der Waals surface area contributed by atoms with E-state index >= 15 is 0 Å². The second-order valence-electron chi connectivity index (χ2n) is 4.04. The maximum atomic E-state index is 13.6. The summed E-state index contributed by atoms with van der Waals surface area (Å²) in [7, 11) is 1.70. The molecule has 0 aliphatic heterocycles. The van der Waals surface area contributed by atoms with E-state index in [1.165, 1.54) is 6.07 Å². The normalized spacial score (nSPS) is 12.7. The fourth-order valence-electron chi connectivity index (χ4n) is 1.65. The lowest BCUT2D eigenvalue weighted by Crippen LogP contribution is -2.21. The minimum atomic E-state index is -0.170. The number of halogens is 2. The van der Waals surface area contributed by atoms with Crippen LogP contribution in [0.2, 0.25) is 0 Å². The van der Waals surface area contributed by atoms with Crippen LogP contribution in [0.25, 0.3) is 0 Å². The highest BCUT2D eigenvalue weighted by Gasteiger charge is 2.09. The van der Waals surface area contributed by atoms with E-state index in [4.69, 9.17) is 4.74 Å². The van der Waals surface area contributed by atoms with Crippen molar-refractivity contribution in [3.63, 3.8) is 0 Å².